The third-order valence-electron chi connectivity index (χ3n) is 3.69. The topological polar surface area (TPSA) is 44.8 Å². The monoisotopic (exact) mass is 299 g/mol. The molecule has 1 fully saturated rings. The summed E-state index contributed by atoms with van der Waals surface area (Å²) in [6.45, 7) is 14.0. The molecular formula is C16H33N3O2. The Bertz CT molecular complexity index is 315. The van der Waals surface area contributed by atoms with Gasteiger partial charge in [0.05, 0.1) is 0 Å². The lowest BCUT2D eigenvalue weighted by atomic mass is 10.1. The molecule has 21 heavy (non-hydrogen) atoms. The number of likely N-dealkylation sites (N-methyl/N-ethyl adjacent to an activating group) is 1. The first-order valence-electron chi connectivity index (χ1n) is 8.19. The van der Waals surface area contributed by atoms with Gasteiger partial charge in [-0.2, -0.15) is 0 Å². The van der Waals surface area contributed by atoms with Gasteiger partial charge in [0.15, 0.2) is 0 Å². The second kappa shape index (κ2) is 8.59. The van der Waals surface area contributed by atoms with E-state index in [1.54, 1.807) is 4.90 Å². The lowest BCUT2D eigenvalue weighted by molar-refractivity contribution is 0.0286. The summed E-state index contributed by atoms with van der Waals surface area (Å²) in [5.74, 6) is 0.753. The van der Waals surface area contributed by atoms with Crippen molar-refractivity contribution in [3.8, 4) is 0 Å². The zero-order chi connectivity index (χ0) is 15.9. The smallest absolute Gasteiger partial charge is 0.410 e. The maximum Gasteiger partial charge on any atom is 0.410 e. The average molecular weight is 299 g/mol. The van der Waals surface area contributed by atoms with E-state index in [9.17, 15) is 4.79 Å². The fourth-order valence-electron chi connectivity index (χ4n) is 2.49. The molecule has 5 nitrogen and oxygen atoms in total. The van der Waals surface area contributed by atoms with Crippen LogP contribution < -0.4 is 5.32 Å². The van der Waals surface area contributed by atoms with Crippen LogP contribution in [0.1, 0.15) is 40.5 Å². The molecule has 1 saturated heterocycles. The summed E-state index contributed by atoms with van der Waals surface area (Å²) in [7, 11) is 1.81. The standard InChI is InChI=1S/C16H33N3O2/c1-6-8-17-12-14-7-9-19(13-14)11-10-18(5)15(20)21-16(2,3)4/h14,17H,6-13H2,1-5H3. The fourth-order valence-corrected chi connectivity index (χ4v) is 2.49. The van der Waals surface area contributed by atoms with Gasteiger partial charge in [0, 0.05) is 26.7 Å². The van der Waals surface area contributed by atoms with E-state index in [-0.39, 0.29) is 6.09 Å². The Balaban J connectivity index is 2.19. The van der Waals surface area contributed by atoms with E-state index >= 15 is 0 Å². The molecule has 5 heteroatoms. The van der Waals surface area contributed by atoms with Crippen LogP contribution in [0.2, 0.25) is 0 Å². The zero-order valence-corrected chi connectivity index (χ0v) is 14.4. The van der Waals surface area contributed by atoms with Gasteiger partial charge in [-0.25, -0.2) is 4.79 Å². The lowest BCUT2D eigenvalue weighted by Gasteiger charge is -2.26. The number of ether oxygens (including phenoxy) is 1. The molecule has 1 atom stereocenters. The van der Waals surface area contributed by atoms with E-state index in [0.717, 1.165) is 45.2 Å². The molecule has 0 radical (unpaired) electrons. The van der Waals surface area contributed by atoms with Gasteiger partial charge in [-0.15, -0.1) is 0 Å². The van der Waals surface area contributed by atoms with Gasteiger partial charge in [-0.05, 0) is 59.2 Å². The predicted molar refractivity (Wildman–Crippen MR) is 86.6 cm³/mol. The Morgan fingerprint density at radius 2 is 2.14 bits per heavy atom. The number of likely N-dealkylation sites (tertiary alicyclic amines) is 1. The highest BCUT2D eigenvalue weighted by atomic mass is 16.6. The molecule has 0 spiro atoms. The third kappa shape index (κ3) is 7.67. The van der Waals surface area contributed by atoms with Crippen molar-refractivity contribution in [2.45, 2.75) is 46.1 Å². The van der Waals surface area contributed by atoms with E-state index in [4.69, 9.17) is 4.74 Å². The minimum Gasteiger partial charge on any atom is -0.444 e. The van der Waals surface area contributed by atoms with Crippen molar-refractivity contribution in [2.75, 3.05) is 46.3 Å². The molecule has 1 aliphatic rings. The predicted octanol–water partition coefficient (Wildman–Crippen LogP) is 2.17. The Hall–Kier alpha value is -0.810. The Morgan fingerprint density at radius 1 is 1.43 bits per heavy atom. The first-order chi connectivity index (χ1) is 9.81. The molecule has 1 unspecified atom stereocenters. The van der Waals surface area contributed by atoms with Gasteiger partial charge in [-0.3, -0.25) is 0 Å². The molecule has 0 aromatic carbocycles. The summed E-state index contributed by atoms with van der Waals surface area (Å²) in [6, 6.07) is 0. The van der Waals surface area contributed by atoms with Crippen molar-refractivity contribution in [3.63, 3.8) is 0 Å². The average Bonchev–Trinajstić information content (AvgIpc) is 2.82. The normalized spacial score (nSPS) is 19.8. The number of carbonyl (C=O) groups is 1. The number of hydrogen-bond acceptors (Lipinski definition) is 4. The number of rotatable bonds is 7. The van der Waals surface area contributed by atoms with Crippen molar-refractivity contribution in [1.82, 2.24) is 15.1 Å². The van der Waals surface area contributed by atoms with Crippen molar-refractivity contribution < 1.29 is 9.53 Å². The maximum absolute atomic E-state index is 11.9. The van der Waals surface area contributed by atoms with Gasteiger partial charge >= 0.3 is 6.09 Å². The van der Waals surface area contributed by atoms with Crippen LogP contribution in [-0.2, 0) is 4.74 Å². The van der Waals surface area contributed by atoms with Gasteiger partial charge in [-0.1, -0.05) is 6.92 Å². The number of carbonyl (C=O) groups excluding carboxylic acids is 1. The lowest BCUT2D eigenvalue weighted by Crippen LogP contribution is -2.39. The van der Waals surface area contributed by atoms with Crippen molar-refractivity contribution in [2.24, 2.45) is 5.92 Å². The highest BCUT2D eigenvalue weighted by Gasteiger charge is 2.24. The van der Waals surface area contributed by atoms with E-state index in [1.165, 1.54) is 12.8 Å². The van der Waals surface area contributed by atoms with Gasteiger partial charge < -0.3 is 19.9 Å². The Labute approximate surface area is 130 Å². The Morgan fingerprint density at radius 3 is 2.76 bits per heavy atom. The van der Waals surface area contributed by atoms with Crippen LogP contribution in [0.15, 0.2) is 0 Å². The van der Waals surface area contributed by atoms with Crippen molar-refractivity contribution in [1.29, 1.82) is 0 Å². The van der Waals surface area contributed by atoms with E-state index in [1.807, 2.05) is 27.8 Å². The number of nitrogens with one attached hydrogen (secondary N) is 1. The first-order valence-corrected chi connectivity index (χ1v) is 8.19. The van der Waals surface area contributed by atoms with Crippen LogP contribution in [0.3, 0.4) is 0 Å². The minimum atomic E-state index is -0.422. The Kier molecular flexibility index (Phi) is 7.46. The molecule has 0 aromatic heterocycles. The van der Waals surface area contributed by atoms with Crippen LogP contribution in [0.25, 0.3) is 0 Å². The minimum absolute atomic E-state index is 0.233. The first kappa shape index (κ1) is 18.2. The maximum atomic E-state index is 11.9. The molecule has 0 aliphatic carbocycles. The molecule has 1 amide bonds. The molecule has 1 rings (SSSR count). The molecular weight excluding hydrogens is 266 g/mol. The molecule has 0 aromatic rings. The molecule has 1 N–H and O–H groups in total. The molecule has 1 heterocycles. The van der Waals surface area contributed by atoms with E-state index < -0.39 is 5.60 Å². The molecule has 124 valence electrons. The van der Waals surface area contributed by atoms with Crippen LogP contribution in [0, 0.1) is 5.92 Å². The summed E-state index contributed by atoms with van der Waals surface area (Å²) in [5, 5.41) is 3.50. The molecule has 0 saturated carbocycles. The zero-order valence-electron chi connectivity index (χ0n) is 14.4. The number of hydrogen-bond donors (Lipinski definition) is 1. The molecule has 0 bridgehead atoms. The molecule has 1 aliphatic heterocycles. The number of amides is 1. The third-order valence-corrected chi connectivity index (χ3v) is 3.69. The second-order valence-corrected chi connectivity index (χ2v) is 7.06. The van der Waals surface area contributed by atoms with Crippen LogP contribution in [-0.4, -0.2) is 67.8 Å². The van der Waals surface area contributed by atoms with Crippen molar-refractivity contribution >= 4 is 6.09 Å². The largest absolute Gasteiger partial charge is 0.444 e. The van der Waals surface area contributed by atoms with Crippen LogP contribution in [0.5, 0.6) is 0 Å². The quantitative estimate of drug-likeness (QED) is 0.732. The summed E-state index contributed by atoms with van der Waals surface area (Å²) in [4.78, 5) is 16.0. The SMILES string of the molecule is CCCNCC1CCN(CCN(C)C(=O)OC(C)(C)C)C1. The fraction of sp³-hybridized carbons (Fsp3) is 0.938. The number of nitrogens with zero attached hydrogens (tertiary/aromatic N) is 2. The van der Waals surface area contributed by atoms with Gasteiger partial charge in [0.1, 0.15) is 5.60 Å². The summed E-state index contributed by atoms with van der Waals surface area (Å²) >= 11 is 0. The highest BCUT2D eigenvalue weighted by molar-refractivity contribution is 5.67. The highest BCUT2D eigenvalue weighted by Crippen LogP contribution is 2.15. The summed E-state index contributed by atoms with van der Waals surface area (Å²) in [5.41, 5.74) is -0.422. The van der Waals surface area contributed by atoms with Crippen LogP contribution in [0.4, 0.5) is 4.79 Å². The van der Waals surface area contributed by atoms with Gasteiger partial charge in [0.2, 0.25) is 0 Å². The van der Waals surface area contributed by atoms with E-state index in [2.05, 4.69) is 17.1 Å². The van der Waals surface area contributed by atoms with Crippen LogP contribution >= 0.6 is 0 Å². The second-order valence-electron chi connectivity index (χ2n) is 7.06. The summed E-state index contributed by atoms with van der Waals surface area (Å²) in [6.07, 6.45) is 2.21. The van der Waals surface area contributed by atoms with E-state index in [0.29, 0.717) is 0 Å². The van der Waals surface area contributed by atoms with Gasteiger partial charge in [0.25, 0.3) is 0 Å². The van der Waals surface area contributed by atoms with Crippen molar-refractivity contribution in [3.05, 3.63) is 0 Å². The summed E-state index contributed by atoms with van der Waals surface area (Å²) < 4.78 is 5.36.